The van der Waals surface area contributed by atoms with E-state index < -0.39 is 0 Å². The van der Waals surface area contributed by atoms with Crippen molar-refractivity contribution >= 4 is 23.0 Å². The number of nitrogens with zero attached hydrogens (tertiary/aromatic N) is 4. The van der Waals surface area contributed by atoms with Crippen LogP contribution in [0.15, 0.2) is 73.1 Å². The van der Waals surface area contributed by atoms with Gasteiger partial charge in [0.05, 0.1) is 17.8 Å². The number of hydrogen-bond donors (Lipinski definition) is 2. The van der Waals surface area contributed by atoms with Crippen molar-refractivity contribution < 1.29 is 5.11 Å². The molecule has 33 heavy (non-hydrogen) atoms. The SMILES string of the molecule is Cc1ccnc(-n2c(C)cc([C@H]3[C@H](c4ccccn4)NC(=S)N3c3ccc(O)cc3)c2C)c1. The first kappa shape index (κ1) is 21.2. The van der Waals surface area contributed by atoms with E-state index in [4.69, 9.17) is 12.2 Å². The topological polar surface area (TPSA) is 66.2 Å². The maximum Gasteiger partial charge on any atom is 0.174 e. The van der Waals surface area contributed by atoms with Gasteiger partial charge in [0.15, 0.2) is 5.11 Å². The van der Waals surface area contributed by atoms with Gasteiger partial charge in [-0.25, -0.2) is 4.98 Å². The third-order valence-electron chi connectivity index (χ3n) is 6.15. The number of hydrogen-bond acceptors (Lipinski definition) is 4. The van der Waals surface area contributed by atoms with Crippen molar-refractivity contribution in [1.82, 2.24) is 19.9 Å². The summed E-state index contributed by atoms with van der Waals surface area (Å²) in [7, 11) is 0. The lowest BCUT2D eigenvalue weighted by atomic mass is 9.96. The first-order valence-corrected chi connectivity index (χ1v) is 11.3. The number of pyridine rings is 2. The van der Waals surface area contributed by atoms with E-state index in [1.165, 1.54) is 0 Å². The Balaban J connectivity index is 1.68. The summed E-state index contributed by atoms with van der Waals surface area (Å²) < 4.78 is 2.19. The van der Waals surface area contributed by atoms with Crippen molar-refractivity contribution in [2.45, 2.75) is 32.9 Å². The molecule has 0 saturated carbocycles. The zero-order valence-electron chi connectivity index (χ0n) is 18.7. The van der Waals surface area contributed by atoms with Gasteiger partial charge in [-0.15, -0.1) is 0 Å². The Hall–Kier alpha value is -3.71. The third-order valence-corrected chi connectivity index (χ3v) is 6.46. The van der Waals surface area contributed by atoms with Crippen LogP contribution in [-0.2, 0) is 0 Å². The number of phenols is 1. The average molecular weight is 456 g/mol. The maximum atomic E-state index is 9.82. The summed E-state index contributed by atoms with van der Waals surface area (Å²) >= 11 is 5.81. The van der Waals surface area contributed by atoms with Crippen LogP contribution >= 0.6 is 12.2 Å². The summed E-state index contributed by atoms with van der Waals surface area (Å²) in [6, 6.07) is 19.1. The predicted octanol–water partition coefficient (Wildman–Crippen LogP) is 5.08. The van der Waals surface area contributed by atoms with E-state index in [0.717, 1.165) is 39.7 Å². The van der Waals surface area contributed by atoms with Crippen LogP contribution < -0.4 is 10.2 Å². The van der Waals surface area contributed by atoms with Crippen LogP contribution in [0.25, 0.3) is 5.82 Å². The molecule has 3 aromatic heterocycles. The molecule has 0 unspecified atom stereocenters. The fraction of sp³-hybridized carbons (Fsp3) is 0.192. The molecule has 1 saturated heterocycles. The van der Waals surface area contributed by atoms with Gasteiger partial charge in [0.25, 0.3) is 0 Å². The minimum absolute atomic E-state index is 0.123. The third kappa shape index (κ3) is 3.74. The highest BCUT2D eigenvalue weighted by Gasteiger charge is 2.42. The molecule has 0 aliphatic carbocycles. The zero-order chi connectivity index (χ0) is 23.1. The lowest BCUT2D eigenvalue weighted by Gasteiger charge is -2.28. The summed E-state index contributed by atoms with van der Waals surface area (Å²) in [5, 5.41) is 13.9. The molecule has 0 amide bonds. The Morgan fingerprint density at radius 2 is 1.73 bits per heavy atom. The number of benzene rings is 1. The Bertz CT molecular complexity index is 1320. The molecule has 1 aromatic carbocycles. The normalized spacial score (nSPS) is 17.9. The van der Waals surface area contributed by atoms with Gasteiger partial charge in [0.1, 0.15) is 11.6 Å². The van der Waals surface area contributed by atoms with Gasteiger partial charge in [-0.3, -0.25) is 4.98 Å². The number of anilines is 1. The molecule has 166 valence electrons. The van der Waals surface area contributed by atoms with Crippen molar-refractivity contribution in [2.75, 3.05) is 4.90 Å². The first-order chi connectivity index (χ1) is 15.9. The molecule has 4 heterocycles. The molecule has 1 aliphatic heterocycles. The smallest absolute Gasteiger partial charge is 0.174 e. The van der Waals surface area contributed by atoms with Gasteiger partial charge in [0, 0.05) is 29.5 Å². The molecule has 4 aromatic rings. The average Bonchev–Trinajstić information content (AvgIpc) is 3.30. The van der Waals surface area contributed by atoms with Crippen molar-refractivity contribution in [3.8, 4) is 11.6 Å². The molecule has 0 bridgehead atoms. The number of aromatic nitrogens is 3. The number of thiocarbonyl (C=S) groups is 1. The molecule has 2 N–H and O–H groups in total. The van der Waals surface area contributed by atoms with Crippen LogP contribution in [0.5, 0.6) is 5.75 Å². The van der Waals surface area contributed by atoms with Gasteiger partial charge < -0.3 is 19.9 Å². The van der Waals surface area contributed by atoms with Gasteiger partial charge in [-0.2, -0.15) is 0 Å². The molecule has 1 aliphatic rings. The molecule has 6 nitrogen and oxygen atoms in total. The van der Waals surface area contributed by atoms with E-state index in [1.807, 2.05) is 42.6 Å². The summed E-state index contributed by atoms with van der Waals surface area (Å²) in [5.41, 5.74) is 6.34. The molecular weight excluding hydrogens is 430 g/mol. The highest BCUT2D eigenvalue weighted by molar-refractivity contribution is 7.80. The van der Waals surface area contributed by atoms with E-state index in [1.54, 1.807) is 18.3 Å². The summed E-state index contributed by atoms with van der Waals surface area (Å²) in [6.07, 6.45) is 3.65. The van der Waals surface area contributed by atoms with Crippen LogP contribution in [0, 0.1) is 20.8 Å². The fourth-order valence-electron chi connectivity index (χ4n) is 4.64. The standard InChI is InChI=1S/C26H25N5OS/c1-16-11-13-28-23(14-16)30-17(2)15-21(18(30)3)25-24(22-6-4-5-12-27-22)29-26(33)31(25)19-7-9-20(32)10-8-19/h4-15,24-25,32H,1-3H3,(H,29,33)/t24-,25-/m0/s1. The summed E-state index contributed by atoms with van der Waals surface area (Å²) in [6.45, 7) is 6.29. The van der Waals surface area contributed by atoms with E-state index in [-0.39, 0.29) is 17.8 Å². The number of phenolic OH excluding ortho intramolecular Hbond substituents is 1. The van der Waals surface area contributed by atoms with E-state index >= 15 is 0 Å². The number of aryl methyl sites for hydroxylation is 2. The molecule has 2 atom stereocenters. The monoisotopic (exact) mass is 455 g/mol. The zero-order valence-corrected chi connectivity index (χ0v) is 19.5. The lowest BCUT2D eigenvalue weighted by Crippen LogP contribution is -2.29. The highest BCUT2D eigenvalue weighted by atomic mass is 32.1. The van der Waals surface area contributed by atoms with Crippen LogP contribution in [0.2, 0.25) is 0 Å². The number of aromatic hydroxyl groups is 1. The minimum Gasteiger partial charge on any atom is -0.508 e. The second-order valence-electron chi connectivity index (χ2n) is 8.37. The second-order valence-corrected chi connectivity index (χ2v) is 8.75. The summed E-state index contributed by atoms with van der Waals surface area (Å²) in [4.78, 5) is 11.4. The van der Waals surface area contributed by atoms with Gasteiger partial charge in [0.2, 0.25) is 0 Å². The minimum atomic E-state index is -0.132. The quantitative estimate of drug-likeness (QED) is 0.419. The van der Waals surface area contributed by atoms with E-state index in [9.17, 15) is 5.11 Å². The van der Waals surface area contributed by atoms with Crippen molar-refractivity contribution in [1.29, 1.82) is 0 Å². The van der Waals surface area contributed by atoms with Crippen molar-refractivity contribution in [3.63, 3.8) is 0 Å². The number of nitrogens with one attached hydrogen (secondary N) is 1. The Morgan fingerprint density at radius 1 is 0.939 bits per heavy atom. The van der Waals surface area contributed by atoms with Crippen LogP contribution in [0.1, 0.15) is 40.3 Å². The van der Waals surface area contributed by atoms with E-state index in [0.29, 0.717) is 5.11 Å². The van der Waals surface area contributed by atoms with Crippen LogP contribution in [0.4, 0.5) is 5.69 Å². The largest absolute Gasteiger partial charge is 0.508 e. The molecule has 0 spiro atoms. The second kappa shape index (κ2) is 8.33. The van der Waals surface area contributed by atoms with Gasteiger partial charge >= 0.3 is 0 Å². The molecule has 7 heteroatoms. The molecule has 0 radical (unpaired) electrons. The van der Waals surface area contributed by atoms with Gasteiger partial charge in [-0.1, -0.05) is 6.07 Å². The molecule has 5 rings (SSSR count). The van der Waals surface area contributed by atoms with Crippen LogP contribution in [-0.4, -0.2) is 24.8 Å². The Morgan fingerprint density at radius 3 is 2.42 bits per heavy atom. The number of rotatable bonds is 4. The van der Waals surface area contributed by atoms with Crippen molar-refractivity contribution in [3.05, 3.63) is 101 Å². The summed E-state index contributed by atoms with van der Waals surface area (Å²) in [5.74, 6) is 1.12. The van der Waals surface area contributed by atoms with E-state index in [2.05, 4.69) is 57.7 Å². The Labute approximate surface area is 198 Å². The highest BCUT2D eigenvalue weighted by Crippen LogP contribution is 2.43. The fourth-order valence-corrected chi connectivity index (χ4v) is 4.99. The Kier molecular flexibility index (Phi) is 5.34. The lowest BCUT2D eigenvalue weighted by molar-refractivity contribution is 0.475. The first-order valence-electron chi connectivity index (χ1n) is 10.9. The van der Waals surface area contributed by atoms with Gasteiger partial charge in [-0.05, 0) is 98.7 Å². The predicted molar refractivity (Wildman–Crippen MR) is 134 cm³/mol. The maximum absolute atomic E-state index is 9.82. The van der Waals surface area contributed by atoms with Crippen molar-refractivity contribution in [2.24, 2.45) is 0 Å². The molecular formula is C26H25N5OS. The van der Waals surface area contributed by atoms with Crippen LogP contribution in [0.3, 0.4) is 0 Å². The molecule has 1 fully saturated rings.